The minimum Gasteiger partial charge on any atom is -0.489 e. The molecule has 0 saturated carbocycles. The average molecular weight is 660 g/mol. The number of amides is 1. The molecule has 1 aliphatic heterocycles. The van der Waals surface area contributed by atoms with Gasteiger partial charge in [0.2, 0.25) is 0 Å². The maximum Gasteiger partial charge on any atom is 0.254 e. The summed E-state index contributed by atoms with van der Waals surface area (Å²) in [6, 6.07) is 31.0. The van der Waals surface area contributed by atoms with Gasteiger partial charge in [0.25, 0.3) is 5.91 Å². The number of likely N-dealkylation sites (tertiary alicyclic amines) is 1. The van der Waals surface area contributed by atoms with E-state index in [1.54, 1.807) is 6.07 Å². The molecule has 1 aromatic heterocycles. The lowest BCUT2D eigenvalue weighted by molar-refractivity contribution is 0.0437. The smallest absolute Gasteiger partial charge is 0.254 e. The average Bonchev–Trinajstić information content (AvgIpc) is 3.55. The van der Waals surface area contributed by atoms with E-state index in [9.17, 15) is 4.79 Å². The van der Waals surface area contributed by atoms with Crippen LogP contribution in [0.25, 0.3) is 10.9 Å². The van der Waals surface area contributed by atoms with Gasteiger partial charge in [0.15, 0.2) is 0 Å². The van der Waals surface area contributed by atoms with Crippen LogP contribution in [-0.4, -0.2) is 45.8 Å². The number of nitrogen functional groups attached to an aromatic ring is 1. The summed E-state index contributed by atoms with van der Waals surface area (Å²) in [5, 5.41) is 12.1. The van der Waals surface area contributed by atoms with Crippen LogP contribution >= 0.6 is 24.8 Å². The van der Waals surface area contributed by atoms with E-state index in [4.69, 9.17) is 20.6 Å². The van der Waals surface area contributed by atoms with Crippen LogP contribution in [-0.2, 0) is 24.5 Å². The minimum atomic E-state index is -0.0351. The van der Waals surface area contributed by atoms with Crippen molar-refractivity contribution < 1.29 is 14.3 Å². The Morgan fingerprint density at radius 3 is 2.30 bits per heavy atom. The predicted octanol–water partition coefficient (Wildman–Crippen LogP) is 6.38. The Morgan fingerprint density at radius 2 is 1.59 bits per heavy atom. The molecule has 6 rings (SSSR count). The molecule has 5 aromatic rings. The molecule has 1 fully saturated rings. The van der Waals surface area contributed by atoms with Crippen molar-refractivity contribution in [3.8, 4) is 5.75 Å². The van der Waals surface area contributed by atoms with Gasteiger partial charge in [-0.15, -0.1) is 24.8 Å². The molecule has 0 bridgehead atoms. The van der Waals surface area contributed by atoms with Crippen molar-refractivity contribution in [3.63, 3.8) is 0 Å². The third kappa shape index (κ3) is 8.31. The van der Waals surface area contributed by atoms with Crippen molar-refractivity contribution in [2.24, 2.45) is 5.73 Å². The first kappa shape index (κ1) is 34.2. The number of rotatable bonds is 11. The summed E-state index contributed by atoms with van der Waals surface area (Å²) in [7, 11) is 0. The highest BCUT2D eigenvalue weighted by Gasteiger charge is 2.28. The Balaban J connectivity index is 0.00000240. The van der Waals surface area contributed by atoms with E-state index >= 15 is 0 Å². The van der Waals surface area contributed by atoms with Gasteiger partial charge in [-0.25, -0.2) is 9.97 Å². The van der Waals surface area contributed by atoms with Gasteiger partial charge in [-0.1, -0.05) is 60.7 Å². The first-order chi connectivity index (χ1) is 21.5. The molecule has 0 aliphatic carbocycles. The molecule has 9 nitrogen and oxygen atoms in total. The normalized spacial score (nSPS) is 13.8. The van der Waals surface area contributed by atoms with Crippen LogP contribution in [0.5, 0.6) is 5.75 Å². The van der Waals surface area contributed by atoms with Crippen molar-refractivity contribution in [2.75, 3.05) is 18.4 Å². The second-order valence-electron chi connectivity index (χ2n) is 10.8. The third-order valence-corrected chi connectivity index (χ3v) is 7.70. The van der Waals surface area contributed by atoms with Crippen molar-refractivity contribution in [3.05, 3.63) is 131 Å². The van der Waals surface area contributed by atoms with Crippen LogP contribution in [0.4, 0.5) is 5.82 Å². The van der Waals surface area contributed by atoms with Crippen molar-refractivity contribution >= 4 is 53.3 Å². The highest BCUT2D eigenvalue weighted by Crippen LogP contribution is 2.26. The van der Waals surface area contributed by atoms with E-state index in [-0.39, 0.29) is 42.7 Å². The number of aromatic nitrogens is 2. The minimum absolute atomic E-state index is 0. The summed E-state index contributed by atoms with van der Waals surface area (Å²) in [5.74, 6) is 1.27. The fourth-order valence-corrected chi connectivity index (χ4v) is 5.29. The van der Waals surface area contributed by atoms with Crippen LogP contribution in [0.2, 0.25) is 0 Å². The van der Waals surface area contributed by atoms with Gasteiger partial charge in [0.1, 0.15) is 30.3 Å². The fourth-order valence-electron chi connectivity index (χ4n) is 5.29. The number of nitrogens with one attached hydrogen (secondary N) is 2. The zero-order valence-corrected chi connectivity index (χ0v) is 26.7. The third-order valence-electron chi connectivity index (χ3n) is 7.70. The second kappa shape index (κ2) is 16.0. The van der Waals surface area contributed by atoms with Crippen molar-refractivity contribution in [2.45, 2.75) is 32.3 Å². The number of halogens is 2. The number of fused-ring (bicyclic) bond motifs is 1. The summed E-state index contributed by atoms with van der Waals surface area (Å²) in [6.45, 7) is 2.55. The van der Waals surface area contributed by atoms with Gasteiger partial charge in [-0.3, -0.25) is 10.2 Å². The largest absolute Gasteiger partial charge is 0.489 e. The monoisotopic (exact) mass is 658 g/mol. The Bertz CT molecular complexity index is 1780. The number of benzene rings is 4. The van der Waals surface area contributed by atoms with Gasteiger partial charge in [0, 0.05) is 41.7 Å². The topological polar surface area (TPSA) is 126 Å². The fraction of sp³-hybridized carbons (Fsp3) is 0.200. The molecular weight excluding hydrogens is 623 g/mol. The van der Waals surface area contributed by atoms with E-state index in [0.717, 1.165) is 28.5 Å². The molecular formula is C35H36Cl2N6O3. The number of hydrogen-bond acceptors (Lipinski definition) is 7. The summed E-state index contributed by atoms with van der Waals surface area (Å²) in [4.78, 5) is 24.1. The number of nitrogens with two attached hydrogens (primary N) is 1. The Labute approximate surface area is 280 Å². The van der Waals surface area contributed by atoms with Gasteiger partial charge in [0.05, 0.1) is 18.2 Å². The molecule has 1 amide bonds. The van der Waals surface area contributed by atoms with Crippen LogP contribution < -0.4 is 15.8 Å². The molecule has 4 N–H and O–H groups in total. The van der Waals surface area contributed by atoms with E-state index in [1.807, 2.05) is 95.9 Å². The summed E-state index contributed by atoms with van der Waals surface area (Å²) < 4.78 is 12.2. The highest BCUT2D eigenvalue weighted by atomic mass is 35.5. The molecule has 0 radical (unpaired) electrons. The van der Waals surface area contributed by atoms with Crippen LogP contribution in [0.3, 0.4) is 0 Å². The van der Waals surface area contributed by atoms with Crippen molar-refractivity contribution in [1.82, 2.24) is 14.9 Å². The SMILES string of the molecule is Cl.Cl.N=C(N)c1ccc(OCc2ccccc2)c(CNc2ncnc3cc(C(=O)N4CCC(OCc5ccccc5)C4)ccc23)c1. The maximum atomic E-state index is 13.4. The molecule has 46 heavy (non-hydrogen) atoms. The molecule has 11 heteroatoms. The molecule has 1 unspecified atom stereocenters. The van der Waals surface area contributed by atoms with E-state index in [1.165, 1.54) is 6.33 Å². The van der Waals surface area contributed by atoms with E-state index < -0.39 is 0 Å². The number of carbonyl (C=O) groups is 1. The lowest BCUT2D eigenvalue weighted by atomic mass is 10.1. The predicted molar refractivity (Wildman–Crippen MR) is 185 cm³/mol. The number of amidine groups is 1. The Hall–Kier alpha value is -4.70. The zero-order chi connectivity index (χ0) is 30.3. The highest BCUT2D eigenvalue weighted by molar-refractivity contribution is 6.00. The number of hydrogen-bond donors (Lipinski definition) is 3. The standard InChI is InChI=1S/C35H34N6O3.2ClH/c36-33(37)26-12-14-32(44-22-25-9-5-2-6-10-25)28(17-26)19-38-34-30-13-11-27(18-31(30)39-23-40-34)35(42)41-16-15-29(20-41)43-21-24-7-3-1-4-8-24;;/h1-14,17-18,23,29H,15-16,19-22H2,(H3,36,37)(H,38,39,40);2*1H. The summed E-state index contributed by atoms with van der Waals surface area (Å²) in [5.41, 5.74) is 10.6. The molecule has 1 atom stereocenters. The number of carbonyl (C=O) groups excluding carboxylic acids is 1. The molecule has 2 heterocycles. The van der Waals surface area contributed by atoms with Gasteiger partial charge < -0.3 is 25.4 Å². The van der Waals surface area contributed by atoms with Crippen LogP contribution in [0.15, 0.2) is 103 Å². The summed E-state index contributed by atoms with van der Waals surface area (Å²) in [6.07, 6.45) is 2.31. The lowest BCUT2D eigenvalue weighted by Gasteiger charge is -2.17. The summed E-state index contributed by atoms with van der Waals surface area (Å²) >= 11 is 0. The Morgan fingerprint density at radius 1 is 0.891 bits per heavy atom. The number of anilines is 1. The van der Waals surface area contributed by atoms with Gasteiger partial charge >= 0.3 is 0 Å². The maximum absolute atomic E-state index is 13.4. The van der Waals surface area contributed by atoms with Crippen LogP contribution in [0.1, 0.15) is 39.0 Å². The quantitative estimate of drug-likeness (QED) is 0.111. The molecule has 1 aliphatic rings. The number of nitrogens with zero attached hydrogens (tertiary/aromatic N) is 3. The zero-order valence-electron chi connectivity index (χ0n) is 25.1. The first-order valence-electron chi connectivity index (χ1n) is 14.6. The van der Waals surface area contributed by atoms with Gasteiger partial charge in [-0.05, 0) is 53.9 Å². The lowest BCUT2D eigenvalue weighted by Crippen LogP contribution is -2.30. The van der Waals surface area contributed by atoms with Crippen LogP contribution in [0, 0.1) is 5.41 Å². The first-order valence-corrected chi connectivity index (χ1v) is 14.6. The number of ether oxygens (including phenoxy) is 2. The molecule has 4 aromatic carbocycles. The Kier molecular flexibility index (Phi) is 11.9. The molecule has 1 saturated heterocycles. The van der Waals surface area contributed by atoms with E-state index in [2.05, 4.69) is 15.3 Å². The molecule has 238 valence electrons. The van der Waals surface area contributed by atoms with E-state index in [0.29, 0.717) is 61.1 Å². The second-order valence-corrected chi connectivity index (χ2v) is 10.8. The van der Waals surface area contributed by atoms with Gasteiger partial charge in [-0.2, -0.15) is 0 Å². The molecule has 0 spiro atoms. The van der Waals surface area contributed by atoms with Crippen molar-refractivity contribution in [1.29, 1.82) is 5.41 Å².